The average Bonchev–Trinajstić information content (AvgIpc) is 2.61. The van der Waals surface area contributed by atoms with Crippen LogP contribution in [0.1, 0.15) is 31.2 Å². The van der Waals surface area contributed by atoms with Crippen LogP contribution in [0.3, 0.4) is 0 Å². The second-order valence-corrected chi connectivity index (χ2v) is 5.76. The minimum absolute atomic E-state index is 0.00398. The Kier molecular flexibility index (Phi) is 7.35. The standard InChI is InChI=1S/C17H24N2O5/c20-10-11-23-16(21)18-14-6-8-15(9-7-14)19-17(22)24-12-13-4-2-1-3-5-13/h1-5,14-15,20H,6-12H2,(H,18,21)(H,19,22). The van der Waals surface area contributed by atoms with Gasteiger partial charge < -0.3 is 25.2 Å². The Morgan fingerprint density at radius 1 is 0.958 bits per heavy atom. The molecule has 7 heteroatoms. The highest BCUT2D eigenvalue weighted by molar-refractivity contribution is 5.68. The van der Waals surface area contributed by atoms with Crippen molar-refractivity contribution in [2.24, 2.45) is 0 Å². The van der Waals surface area contributed by atoms with E-state index in [0.29, 0.717) is 0 Å². The van der Waals surface area contributed by atoms with Crippen molar-refractivity contribution in [2.45, 2.75) is 44.4 Å². The molecule has 0 bridgehead atoms. The average molecular weight is 336 g/mol. The van der Waals surface area contributed by atoms with Gasteiger partial charge in [0.1, 0.15) is 13.2 Å². The number of nitrogens with one attached hydrogen (secondary N) is 2. The molecule has 0 atom stereocenters. The third kappa shape index (κ3) is 6.45. The lowest BCUT2D eigenvalue weighted by Crippen LogP contribution is -2.44. The number of carbonyl (C=O) groups excluding carboxylic acids is 2. The zero-order chi connectivity index (χ0) is 17.2. The van der Waals surface area contributed by atoms with E-state index < -0.39 is 12.2 Å². The van der Waals surface area contributed by atoms with E-state index in [1.54, 1.807) is 0 Å². The number of amides is 2. The molecule has 0 radical (unpaired) electrons. The molecule has 3 N–H and O–H groups in total. The van der Waals surface area contributed by atoms with Crippen LogP contribution in [-0.4, -0.2) is 42.6 Å². The van der Waals surface area contributed by atoms with Crippen LogP contribution in [0.15, 0.2) is 30.3 Å². The fourth-order valence-corrected chi connectivity index (χ4v) is 2.66. The van der Waals surface area contributed by atoms with E-state index in [-0.39, 0.29) is 31.9 Å². The van der Waals surface area contributed by atoms with Crippen molar-refractivity contribution in [1.82, 2.24) is 10.6 Å². The first-order chi connectivity index (χ1) is 11.7. The molecular weight excluding hydrogens is 312 g/mol. The number of carbonyl (C=O) groups is 2. The Bertz CT molecular complexity index is 515. The van der Waals surface area contributed by atoms with Gasteiger partial charge in [-0.15, -0.1) is 0 Å². The van der Waals surface area contributed by atoms with E-state index in [2.05, 4.69) is 10.6 Å². The van der Waals surface area contributed by atoms with Crippen molar-refractivity contribution < 1.29 is 24.2 Å². The lowest BCUT2D eigenvalue weighted by Gasteiger charge is -2.29. The molecular formula is C17H24N2O5. The van der Waals surface area contributed by atoms with Gasteiger partial charge in [0, 0.05) is 12.1 Å². The summed E-state index contributed by atoms with van der Waals surface area (Å²) in [5.41, 5.74) is 0.946. The molecule has 1 fully saturated rings. The van der Waals surface area contributed by atoms with E-state index in [1.807, 2.05) is 30.3 Å². The number of alkyl carbamates (subject to hydrolysis) is 2. The Morgan fingerprint density at radius 3 is 2.04 bits per heavy atom. The summed E-state index contributed by atoms with van der Waals surface area (Å²) in [5, 5.41) is 14.2. The van der Waals surface area contributed by atoms with Gasteiger partial charge in [0.2, 0.25) is 0 Å². The molecule has 0 unspecified atom stereocenters. The zero-order valence-corrected chi connectivity index (χ0v) is 13.6. The van der Waals surface area contributed by atoms with Gasteiger partial charge in [-0.2, -0.15) is 0 Å². The fraction of sp³-hybridized carbons (Fsp3) is 0.529. The third-order valence-electron chi connectivity index (χ3n) is 3.91. The Morgan fingerprint density at radius 2 is 1.50 bits per heavy atom. The van der Waals surface area contributed by atoms with Gasteiger partial charge in [-0.3, -0.25) is 0 Å². The molecule has 1 saturated carbocycles. The first kappa shape index (κ1) is 18.1. The Labute approximate surface area is 141 Å². The van der Waals surface area contributed by atoms with Crippen LogP contribution in [0.4, 0.5) is 9.59 Å². The molecule has 1 aromatic carbocycles. The fourth-order valence-electron chi connectivity index (χ4n) is 2.66. The van der Waals surface area contributed by atoms with Crippen molar-refractivity contribution in [2.75, 3.05) is 13.2 Å². The van der Waals surface area contributed by atoms with E-state index >= 15 is 0 Å². The van der Waals surface area contributed by atoms with Gasteiger partial charge in [0.25, 0.3) is 0 Å². The summed E-state index contributed by atoms with van der Waals surface area (Å²) in [4.78, 5) is 23.2. The van der Waals surface area contributed by atoms with Gasteiger partial charge in [-0.1, -0.05) is 30.3 Å². The number of hydrogen-bond donors (Lipinski definition) is 3. The van der Waals surface area contributed by atoms with Gasteiger partial charge in [0.15, 0.2) is 0 Å². The first-order valence-electron chi connectivity index (χ1n) is 8.18. The summed E-state index contributed by atoms with van der Waals surface area (Å²) in [5.74, 6) is 0. The maximum atomic E-state index is 11.8. The van der Waals surface area contributed by atoms with Gasteiger partial charge in [-0.25, -0.2) is 9.59 Å². The maximum Gasteiger partial charge on any atom is 0.407 e. The van der Waals surface area contributed by atoms with E-state index in [1.165, 1.54) is 0 Å². The first-order valence-corrected chi connectivity index (χ1v) is 8.18. The minimum atomic E-state index is -0.511. The normalized spacial score (nSPS) is 20.0. The lowest BCUT2D eigenvalue weighted by molar-refractivity contribution is 0.112. The number of benzene rings is 1. The Hall–Kier alpha value is -2.28. The van der Waals surface area contributed by atoms with Crippen LogP contribution in [0.2, 0.25) is 0 Å². The summed E-state index contributed by atoms with van der Waals surface area (Å²) < 4.78 is 9.97. The highest BCUT2D eigenvalue weighted by Gasteiger charge is 2.24. The largest absolute Gasteiger partial charge is 0.447 e. The van der Waals surface area contributed by atoms with Crippen LogP contribution in [-0.2, 0) is 16.1 Å². The summed E-state index contributed by atoms with van der Waals surface area (Å²) in [6.45, 7) is 0.0609. The summed E-state index contributed by atoms with van der Waals surface area (Å²) >= 11 is 0. The summed E-state index contributed by atoms with van der Waals surface area (Å²) in [6.07, 6.45) is 2.13. The topological polar surface area (TPSA) is 96.9 Å². The Balaban J connectivity index is 1.62. The molecule has 1 aromatic rings. The lowest BCUT2D eigenvalue weighted by atomic mass is 9.91. The third-order valence-corrected chi connectivity index (χ3v) is 3.91. The van der Waals surface area contributed by atoms with Crippen LogP contribution in [0, 0.1) is 0 Å². The summed E-state index contributed by atoms with van der Waals surface area (Å²) in [6, 6.07) is 9.61. The quantitative estimate of drug-likeness (QED) is 0.738. The van der Waals surface area contributed by atoms with Crippen LogP contribution < -0.4 is 10.6 Å². The van der Waals surface area contributed by atoms with Crippen LogP contribution >= 0.6 is 0 Å². The predicted octanol–water partition coefficient (Wildman–Crippen LogP) is 1.94. The molecule has 0 aliphatic heterocycles. The molecule has 1 aliphatic rings. The smallest absolute Gasteiger partial charge is 0.407 e. The molecule has 2 amide bonds. The second kappa shape index (κ2) is 9.77. The molecule has 1 aliphatic carbocycles. The molecule has 7 nitrogen and oxygen atoms in total. The van der Waals surface area contributed by atoms with E-state index in [0.717, 1.165) is 31.2 Å². The molecule has 0 aromatic heterocycles. The number of hydrogen-bond acceptors (Lipinski definition) is 5. The minimum Gasteiger partial charge on any atom is -0.447 e. The van der Waals surface area contributed by atoms with E-state index in [9.17, 15) is 9.59 Å². The van der Waals surface area contributed by atoms with Crippen molar-refractivity contribution in [3.05, 3.63) is 35.9 Å². The number of rotatable bonds is 6. The van der Waals surface area contributed by atoms with Crippen molar-refractivity contribution in [3.63, 3.8) is 0 Å². The van der Waals surface area contributed by atoms with Crippen molar-refractivity contribution in [3.8, 4) is 0 Å². The van der Waals surface area contributed by atoms with Gasteiger partial charge in [-0.05, 0) is 31.2 Å². The van der Waals surface area contributed by atoms with Crippen molar-refractivity contribution >= 4 is 12.2 Å². The number of ether oxygens (including phenoxy) is 2. The highest BCUT2D eigenvalue weighted by Crippen LogP contribution is 2.19. The molecule has 0 saturated heterocycles. The highest BCUT2D eigenvalue weighted by atomic mass is 16.6. The second-order valence-electron chi connectivity index (χ2n) is 5.76. The number of aliphatic hydroxyl groups is 1. The van der Waals surface area contributed by atoms with Gasteiger partial charge in [0.05, 0.1) is 6.61 Å². The van der Waals surface area contributed by atoms with E-state index in [4.69, 9.17) is 14.6 Å². The predicted molar refractivity (Wildman–Crippen MR) is 87.4 cm³/mol. The maximum absolute atomic E-state index is 11.8. The molecule has 132 valence electrons. The van der Waals surface area contributed by atoms with Crippen molar-refractivity contribution in [1.29, 1.82) is 0 Å². The number of aliphatic hydroxyl groups excluding tert-OH is 1. The SMILES string of the molecule is O=C(NC1CCC(NC(=O)OCc2ccccc2)CC1)OCCO. The van der Waals surface area contributed by atoms with Gasteiger partial charge >= 0.3 is 12.2 Å². The summed E-state index contributed by atoms with van der Waals surface area (Å²) in [7, 11) is 0. The van der Waals surface area contributed by atoms with Crippen LogP contribution in [0.5, 0.6) is 0 Å². The molecule has 0 heterocycles. The molecule has 0 spiro atoms. The zero-order valence-electron chi connectivity index (χ0n) is 13.6. The molecule has 2 rings (SSSR count). The molecule has 24 heavy (non-hydrogen) atoms. The van der Waals surface area contributed by atoms with Crippen LogP contribution in [0.25, 0.3) is 0 Å². The monoisotopic (exact) mass is 336 g/mol.